The van der Waals surface area contributed by atoms with Crippen molar-refractivity contribution in [3.63, 3.8) is 0 Å². The van der Waals surface area contributed by atoms with E-state index in [2.05, 4.69) is 10.3 Å². The van der Waals surface area contributed by atoms with E-state index in [9.17, 15) is 4.79 Å². The highest BCUT2D eigenvalue weighted by Gasteiger charge is 2.09. The number of carbonyl (C=O) groups is 1. The Bertz CT molecular complexity index is 596. The Hall–Kier alpha value is -1.30. The predicted molar refractivity (Wildman–Crippen MR) is 82.2 cm³/mol. The van der Waals surface area contributed by atoms with Crippen LogP contribution in [0.15, 0.2) is 23.6 Å². The number of anilines is 2. The maximum Gasteiger partial charge on any atom is 0.311 e. The molecule has 0 spiro atoms. The van der Waals surface area contributed by atoms with Gasteiger partial charge in [0.15, 0.2) is 5.13 Å². The molecule has 0 aliphatic rings. The molecule has 0 unspecified atom stereocenters. The minimum absolute atomic E-state index is 0.169. The Kier molecular flexibility index (Phi) is 5.23. The second kappa shape index (κ2) is 6.92. The minimum Gasteiger partial charge on any atom is -0.466 e. The monoisotopic (exact) mass is 330 g/mol. The van der Waals surface area contributed by atoms with Crippen LogP contribution >= 0.6 is 34.5 Å². The van der Waals surface area contributed by atoms with Crippen LogP contribution in [0.2, 0.25) is 10.0 Å². The molecule has 1 heterocycles. The number of rotatable bonds is 5. The molecule has 0 aliphatic heterocycles. The van der Waals surface area contributed by atoms with E-state index in [1.54, 1.807) is 25.1 Å². The molecular formula is C13H12Cl2N2O2S. The smallest absolute Gasteiger partial charge is 0.311 e. The average molecular weight is 331 g/mol. The summed E-state index contributed by atoms with van der Waals surface area (Å²) in [5, 5.41) is 6.67. The Labute approximate surface area is 130 Å². The van der Waals surface area contributed by atoms with Gasteiger partial charge in [-0.2, -0.15) is 0 Å². The first-order valence-electron chi connectivity index (χ1n) is 5.90. The fourth-order valence-corrected chi connectivity index (χ4v) is 2.81. The van der Waals surface area contributed by atoms with Crippen molar-refractivity contribution in [3.8, 4) is 0 Å². The van der Waals surface area contributed by atoms with Gasteiger partial charge in [0.1, 0.15) is 0 Å². The van der Waals surface area contributed by atoms with Crippen LogP contribution in [0.4, 0.5) is 10.8 Å². The fraction of sp³-hybridized carbons (Fsp3) is 0.231. The van der Waals surface area contributed by atoms with Crippen LogP contribution in [-0.4, -0.2) is 17.6 Å². The van der Waals surface area contributed by atoms with Crippen molar-refractivity contribution < 1.29 is 9.53 Å². The number of halogens is 2. The first-order chi connectivity index (χ1) is 9.56. The van der Waals surface area contributed by atoms with E-state index in [1.165, 1.54) is 11.3 Å². The van der Waals surface area contributed by atoms with Crippen molar-refractivity contribution in [1.82, 2.24) is 4.98 Å². The number of benzene rings is 1. The zero-order valence-corrected chi connectivity index (χ0v) is 13.0. The van der Waals surface area contributed by atoms with Gasteiger partial charge in [0.05, 0.1) is 18.7 Å². The van der Waals surface area contributed by atoms with Gasteiger partial charge in [-0.15, -0.1) is 11.3 Å². The van der Waals surface area contributed by atoms with E-state index in [0.29, 0.717) is 27.5 Å². The molecule has 0 atom stereocenters. The van der Waals surface area contributed by atoms with Gasteiger partial charge in [-0.25, -0.2) is 4.98 Å². The van der Waals surface area contributed by atoms with Crippen molar-refractivity contribution in [2.45, 2.75) is 13.3 Å². The molecule has 20 heavy (non-hydrogen) atoms. The Morgan fingerprint density at radius 3 is 2.70 bits per heavy atom. The average Bonchev–Trinajstić information content (AvgIpc) is 2.75. The molecule has 1 aromatic heterocycles. The summed E-state index contributed by atoms with van der Waals surface area (Å²) in [4.78, 5) is 15.7. The van der Waals surface area contributed by atoms with E-state index in [4.69, 9.17) is 27.9 Å². The van der Waals surface area contributed by atoms with Gasteiger partial charge >= 0.3 is 5.97 Å². The Morgan fingerprint density at radius 1 is 1.35 bits per heavy atom. The number of nitrogens with zero attached hydrogens (tertiary/aromatic N) is 1. The molecule has 0 aliphatic carbocycles. The van der Waals surface area contributed by atoms with Crippen LogP contribution in [0.1, 0.15) is 12.6 Å². The molecule has 2 rings (SSSR count). The molecule has 0 saturated heterocycles. The predicted octanol–water partition coefficient (Wildman–Crippen LogP) is 4.30. The molecule has 4 nitrogen and oxygen atoms in total. The molecule has 1 aromatic carbocycles. The molecule has 2 aromatic rings. The third kappa shape index (κ3) is 4.37. The van der Waals surface area contributed by atoms with Gasteiger partial charge in [0.25, 0.3) is 0 Å². The molecule has 106 valence electrons. The lowest BCUT2D eigenvalue weighted by Gasteiger charge is -2.03. The van der Waals surface area contributed by atoms with E-state index in [0.717, 1.165) is 5.69 Å². The second-order valence-electron chi connectivity index (χ2n) is 3.91. The van der Waals surface area contributed by atoms with Crippen LogP contribution in [0.3, 0.4) is 0 Å². The maximum atomic E-state index is 11.4. The molecule has 0 amide bonds. The van der Waals surface area contributed by atoms with Gasteiger partial charge in [-0.1, -0.05) is 23.2 Å². The van der Waals surface area contributed by atoms with E-state index in [1.807, 2.05) is 5.38 Å². The highest BCUT2D eigenvalue weighted by Crippen LogP contribution is 2.26. The number of hydrogen-bond donors (Lipinski definition) is 1. The Balaban J connectivity index is 2.03. The summed E-state index contributed by atoms with van der Waals surface area (Å²) in [6, 6.07) is 5.15. The third-order valence-electron chi connectivity index (χ3n) is 2.30. The van der Waals surface area contributed by atoms with Crippen LogP contribution in [-0.2, 0) is 16.0 Å². The van der Waals surface area contributed by atoms with Crippen LogP contribution in [0.5, 0.6) is 0 Å². The number of aromatic nitrogens is 1. The first kappa shape index (κ1) is 15.1. The molecule has 1 N–H and O–H groups in total. The van der Waals surface area contributed by atoms with Crippen molar-refractivity contribution in [2.24, 2.45) is 0 Å². The van der Waals surface area contributed by atoms with E-state index < -0.39 is 0 Å². The Morgan fingerprint density at radius 2 is 2.05 bits per heavy atom. The molecule has 7 heteroatoms. The van der Waals surface area contributed by atoms with E-state index in [-0.39, 0.29) is 12.4 Å². The highest BCUT2D eigenvalue weighted by molar-refractivity contribution is 7.13. The van der Waals surface area contributed by atoms with Crippen LogP contribution in [0, 0.1) is 0 Å². The number of carbonyl (C=O) groups excluding carboxylic acids is 1. The molecular weight excluding hydrogens is 319 g/mol. The van der Waals surface area contributed by atoms with Crippen molar-refractivity contribution in [3.05, 3.63) is 39.3 Å². The van der Waals surface area contributed by atoms with Crippen LogP contribution in [0.25, 0.3) is 0 Å². The zero-order chi connectivity index (χ0) is 14.5. The van der Waals surface area contributed by atoms with Crippen molar-refractivity contribution >= 4 is 51.3 Å². The maximum absolute atomic E-state index is 11.4. The van der Waals surface area contributed by atoms with Gasteiger partial charge in [-0.05, 0) is 25.1 Å². The van der Waals surface area contributed by atoms with Gasteiger partial charge in [0, 0.05) is 21.1 Å². The number of thiazole rings is 1. The lowest BCUT2D eigenvalue weighted by atomic mass is 10.3. The normalized spacial score (nSPS) is 10.3. The number of esters is 1. The second-order valence-corrected chi connectivity index (χ2v) is 5.64. The minimum atomic E-state index is -0.282. The molecule has 0 radical (unpaired) electrons. The standard InChI is InChI=1S/C13H12Cl2N2O2S/c1-2-19-12(18)6-11-7-20-13(17-11)16-10-4-8(14)3-9(15)5-10/h3-5,7H,2,6H2,1H3,(H,16,17). The van der Waals surface area contributed by atoms with Crippen LogP contribution < -0.4 is 5.32 Å². The summed E-state index contributed by atoms with van der Waals surface area (Å²) in [6.07, 6.45) is 0.169. The lowest BCUT2D eigenvalue weighted by Crippen LogP contribution is -2.07. The summed E-state index contributed by atoms with van der Waals surface area (Å²) in [5.74, 6) is -0.282. The zero-order valence-electron chi connectivity index (χ0n) is 10.7. The lowest BCUT2D eigenvalue weighted by molar-refractivity contribution is -0.142. The topological polar surface area (TPSA) is 51.2 Å². The molecule has 0 bridgehead atoms. The summed E-state index contributed by atoms with van der Waals surface area (Å²) in [6.45, 7) is 2.14. The van der Waals surface area contributed by atoms with Crippen molar-refractivity contribution in [1.29, 1.82) is 0 Å². The molecule has 0 fully saturated rings. The largest absolute Gasteiger partial charge is 0.466 e. The van der Waals surface area contributed by atoms with Gasteiger partial charge in [-0.3, -0.25) is 4.79 Å². The summed E-state index contributed by atoms with van der Waals surface area (Å²) < 4.78 is 4.88. The SMILES string of the molecule is CCOC(=O)Cc1csc(Nc2cc(Cl)cc(Cl)c2)n1. The van der Waals surface area contributed by atoms with Gasteiger partial charge < -0.3 is 10.1 Å². The quantitative estimate of drug-likeness (QED) is 0.830. The fourth-order valence-electron chi connectivity index (χ4n) is 1.55. The third-order valence-corrected chi connectivity index (χ3v) is 3.54. The number of hydrogen-bond acceptors (Lipinski definition) is 5. The summed E-state index contributed by atoms with van der Waals surface area (Å²) >= 11 is 13.2. The molecule has 0 saturated carbocycles. The van der Waals surface area contributed by atoms with Crippen molar-refractivity contribution in [2.75, 3.05) is 11.9 Å². The number of nitrogens with one attached hydrogen (secondary N) is 1. The highest BCUT2D eigenvalue weighted by atomic mass is 35.5. The number of ether oxygens (including phenoxy) is 1. The first-order valence-corrected chi connectivity index (χ1v) is 7.53. The summed E-state index contributed by atoms with van der Waals surface area (Å²) in [5.41, 5.74) is 1.42. The van der Waals surface area contributed by atoms with Gasteiger partial charge in [0.2, 0.25) is 0 Å². The summed E-state index contributed by atoms with van der Waals surface area (Å²) in [7, 11) is 0. The van der Waals surface area contributed by atoms with E-state index >= 15 is 0 Å².